The number of aryl methyl sites for hydroxylation is 2. The van der Waals surface area contributed by atoms with Crippen LogP contribution in [0.5, 0.6) is 0 Å². The van der Waals surface area contributed by atoms with E-state index in [9.17, 15) is 9.90 Å². The molecule has 2 aliphatic heterocycles. The zero-order valence-electron chi connectivity index (χ0n) is 14.7. The van der Waals surface area contributed by atoms with Crippen molar-refractivity contribution in [2.45, 2.75) is 63.9 Å². The van der Waals surface area contributed by atoms with Crippen molar-refractivity contribution in [1.82, 2.24) is 9.88 Å². The molecule has 1 aromatic rings. The highest BCUT2D eigenvalue weighted by molar-refractivity contribution is 5.76. The second-order valence-corrected chi connectivity index (χ2v) is 7.15. The molecule has 0 saturated carbocycles. The SMILES string of the molecule is CCC1(O)CCN(C(=O)CCCc2ccc3c(n2)NCCC3)CC1. The van der Waals surface area contributed by atoms with Gasteiger partial charge in [-0.15, -0.1) is 0 Å². The first-order valence-electron chi connectivity index (χ1n) is 9.32. The lowest BCUT2D eigenvalue weighted by Gasteiger charge is -2.37. The summed E-state index contributed by atoms with van der Waals surface area (Å²) < 4.78 is 0. The van der Waals surface area contributed by atoms with Crippen molar-refractivity contribution in [2.75, 3.05) is 25.0 Å². The van der Waals surface area contributed by atoms with Gasteiger partial charge in [0, 0.05) is 31.7 Å². The topological polar surface area (TPSA) is 65.5 Å². The summed E-state index contributed by atoms with van der Waals surface area (Å²) in [6.07, 6.45) is 6.69. The van der Waals surface area contributed by atoms with E-state index in [1.54, 1.807) is 0 Å². The third-order valence-corrected chi connectivity index (χ3v) is 5.48. The zero-order chi connectivity index (χ0) is 17.0. The van der Waals surface area contributed by atoms with Crippen molar-refractivity contribution < 1.29 is 9.90 Å². The van der Waals surface area contributed by atoms with E-state index in [1.165, 1.54) is 12.0 Å². The van der Waals surface area contributed by atoms with Crippen LogP contribution in [0.1, 0.15) is 56.7 Å². The highest BCUT2D eigenvalue weighted by Gasteiger charge is 2.31. The number of anilines is 1. The molecule has 1 aromatic heterocycles. The largest absolute Gasteiger partial charge is 0.390 e. The number of carbonyl (C=O) groups excluding carboxylic acids is 1. The summed E-state index contributed by atoms with van der Waals surface area (Å²) in [7, 11) is 0. The lowest BCUT2D eigenvalue weighted by molar-refractivity contribution is -0.135. The summed E-state index contributed by atoms with van der Waals surface area (Å²) >= 11 is 0. The average molecular weight is 331 g/mol. The molecule has 5 heteroatoms. The molecular formula is C19H29N3O2. The fourth-order valence-corrected chi connectivity index (χ4v) is 3.61. The first kappa shape index (κ1) is 17.2. The number of nitrogens with zero attached hydrogens (tertiary/aromatic N) is 2. The number of fused-ring (bicyclic) bond motifs is 1. The number of hydrogen-bond acceptors (Lipinski definition) is 4. The molecule has 1 fully saturated rings. The van der Waals surface area contributed by atoms with Crippen molar-refractivity contribution in [3.8, 4) is 0 Å². The van der Waals surface area contributed by atoms with Gasteiger partial charge in [0.25, 0.3) is 0 Å². The van der Waals surface area contributed by atoms with Gasteiger partial charge >= 0.3 is 0 Å². The van der Waals surface area contributed by atoms with Crippen molar-refractivity contribution in [3.05, 3.63) is 23.4 Å². The molecule has 3 rings (SSSR count). The Hall–Kier alpha value is -1.62. The van der Waals surface area contributed by atoms with Crippen LogP contribution in [0.4, 0.5) is 5.82 Å². The van der Waals surface area contributed by atoms with Crippen molar-refractivity contribution in [2.24, 2.45) is 0 Å². The third-order valence-electron chi connectivity index (χ3n) is 5.48. The van der Waals surface area contributed by atoms with E-state index in [2.05, 4.69) is 22.4 Å². The number of aromatic nitrogens is 1. The smallest absolute Gasteiger partial charge is 0.222 e. The minimum absolute atomic E-state index is 0.212. The van der Waals surface area contributed by atoms with Gasteiger partial charge in [0.05, 0.1) is 5.60 Å². The summed E-state index contributed by atoms with van der Waals surface area (Å²) in [5.74, 6) is 1.24. The second kappa shape index (κ2) is 7.51. The molecule has 0 bridgehead atoms. The molecule has 0 aliphatic carbocycles. The second-order valence-electron chi connectivity index (χ2n) is 7.15. The Balaban J connectivity index is 1.44. The number of piperidine rings is 1. The minimum Gasteiger partial charge on any atom is -0.390 e. The molecule has 3 heterocycles. The standard InChI is InChI=1S/C19H29N3O2/c1-2-19(24)10-13-22(14-11-19)17(23)7-3-6-16-9-8-15-5-4-12-20-18(15)21-16/h8-9,24H,2-7,10-14H2,1H3,(H,20,21). The molecule has 1 amide bonds. The first-order chi connectivity index (χ1) is 11.6. The molecule has 24 heavy (non-hydrogen) atoms. The van der Waals surface area contributed by atoms with E-state index < -0.39 is 5.60 Å². The number of amides is 1. The molecule has 0 atom stereocenters. The normalized spacial score (nSPS) is 19.5. The summed E-state index contributed by atoms with van der Waals surface area (Å²) in [6.45, 7) is 4.38. The number of aliphatic hydroxyl groups is 1. The van der Waals surface area contributed by atoms with E-state index in [4.69, 9.17) is 0 Å². The van der Waals surface area contributed by atoms with Gasteiger partial charge in [-0.05, 0) is 56.6 Å². The van der Waals surface area contributed by atoms with Crippen LogP contribution in [0.15, 0.2) is 12.1 Å². The Bertz CT molecular complexity index is 580. The van der Waals surface area contributed by atoms with E-state index in [-0.39, 0.29) is 5.91 Å². The highest BCUT2D eigenvalue weighted by atomic mass is 16.3. The predicted molar refractivity (Wildman–Crippen MR) is 95.0 cm³/mol. The van der Waals surface area contributed by atoms with Crippen LogP contribution in [0.25, 0.3) is 0 Å². The third kappa shape index (κ3) is 4.07. The van der Waals surface area contributed by atoms with Crippen LogP contribution in [0.2, 0.25) is 0 Å². The van der Waals surface area contributed by atoms with Gasteiger partial charge in [-0.3, -0.25) is 4.79 Å². The Morgan fingerprint density at radius 3 is 2.92 bits per heavy atom. The molecule has 2 N–H and O–H groups in total. The van der Waals surface area contributed by atoms with E-state index >= 15 is 0 Å². The monoisotopic (exact) mass is 331 g/mol. The van der Waals surface area contributed by atoms with Crippen LogP contribution in [-0.4, -0.2) is 46.1 Å². The van der Waals surface area contributed by atoms with Crippen LogP contribution < -0.4 is 5.32 Å². The van der Waals surface area contributed by atoms with Crippen LogP contribution in [0.3, 0.4) is 0 Å². The fourth-order valence-electron chi connectivity index (χ4n) is 3.61. The summed E-state index contributed by atoms with van der Waals surface area (Å²) in [5, 5.41) is 13.6. The Kier molecular flexibility index (Phi) is 5.39. The minimum atomic E-state index is -0.559. The Labute approximate surface area is 144 Å². The molecule has 0 aromatic carbocycles. The van der Waals surface area contributed by atoms with E-state index in [0.29, 0.717) is 32.4 Å². The average Bonchev–Trinajstić information content (AvgIpc) is 2.62. The number of rotatable bonds is 5. The molecule has 132 valence electrons. The van der Waals surface area contributed by atoms with Gasteiger partial charge in [-0.2, -0.15) is 0 Å². The molecule has 1 saturated heterocycles. The number of pyridine rings is 1. The molecule has 0 spiro atoms. The molecular weight excluding hydrogens is 302 g/mol. The highest BCUT2D eigenvalue weighted by Crippen LogP contribution is 2.26. The number of carbonyl (C=O) groups is 1. The maximum Gasteiger partial charge on any atom is 0.222 e. The molecule has 0 unspecified atom stereocenters. The maximum atomic E-state index is 12.3. The molecule has 0 radical (unpaired) electrons. The van der Waals surface area contributed by atoms with E-state index in [1.807, 2.05) is 11.8 Å². The van der Waals surface area contributed by atoms with Gasteiger partial charge in [0.15, 0.2) is 0 Å². The number of hydrogen-bond donors (Lipinski definition) is 2. The molecule has 5 nitrogen and oxygen atoms in total. The predicted octanol–water partition coefficient (Wildman–Crippen LogP) is 2.53. The lowest BCUT2D eigenvalue weighted by atomic mass is 9.89. The number of likely N-dealkylation sites (tertiary alicyclic amines) is 1. The van der Waals surface area contributed by atoms with Crippen molar-refractivity contribution in [1.29, 1.82) is 0 Å². The van der Waals surface area contributed by atoms with Crippen LogP contribution in [0, 0.1) is 0 Å². The summed E-state index contributed by atoms with van der Waals surface area (Å²) in [4.78, 5) is 18.9. The van der Waals surface area contributed by atoms with Gasteiger partial charge < -0.3 is 15.3 Å². The summed E-state index contributed by atoms with van der Waals surface area (Å²) in [5.41, 5.74) is 1.81. The van der Waals surface area contributed by atoms with E-state index in [0.717, 1.165) is 43.7 Å². The molecule has 2 aliphatic rings. The quantitative estimate of drug-likeness (QED) is 0.870. The van der Waals surface area contributed by atoms with Gasteiger partial charge in [0.1, 0.15) is 5.82 Å². The van der Waals surface area contributed by atoms with Gasteiger partial charge in [-0.25, -0.2) is 4.98 Å². The Morgan fingerprint density at radius 2 is 2.17 bits per heavy atom. The maximum absolute atomic E-state index is 12.3. The Morgan fingerprint density at radius 1 is 1.38 bits per heavy atom. The van der Waals surface area contributed by atoms with Crippen molar-refractivity contribution >= 4 is 11.7 Å². The fraction of sp³-hybridized carbons (Fsp3) is 0.684. The van der Waals surface area contributed by atoms with Crippen molar-refractivity contribution in [3.63, 3.8) is 0 Å². The van der Waals surface area contributed by atoms with Crippen LogP contribution in [-0.2, 0) is 17.6 Å². The zero-order valence-corrected chi connectivity index (χ0v) is 14.7. The van der Waals surface area contributed by atoms with Gasteiger partial charge in [-0.1, -0.05) is 13.0 Å². The summed E-state index contributed by atoms with van der Waals surface area (Å²) in [6, 6.07) is 4.26. The number of nitrogens with one attached hydrogen (secondary N) is 1. The van der Waals surface area contributed by atoms with Crippen LogP contribution >= 0.6 is 0 Å². The van der Waals surface area contributed by atoms with Gasteiger partial charge in [0.2, 0.25) is 5.91 Å². The first-order valence-corrected chi connectivity index (χ1v) is 9.32. The lowest BCUT2D eigenvalue weighted by Crippen LogP contribution is -2.46.